The van der Waals surface area contributed by atoms with Gasteiger partial charge in [0.25, 0.3) is 0 Å². The summed E-state index contributed by atoms with van der Waals surface area (Å²) in [6.07, 6.45) is -0.610. The van der Waals surface area contributed by atoms with E-state index in [9.17, 15) is 5.11 Å². The van der Waals surface area contributed by atoms with E-state index in [1.54, 1.807) is 0 Å². The second-order valence-corrected chi connectivity index (χ2v) is 6.77. The molecule has 1 heterocycles. The topological polar surface area (TPSA) is 20.2 Å². The smallest absolute Gasteiger partial charge is 0.115 e. The second-order valence-electron chi connectivity index (χ2n) is 3.20. The van der Waals surface area contributed by atoms with E-state index in [0.29, 0.717) is 0 Å². The highest BCUT2D eigenvalue weighted by atomic mass is 79.9. The van der Waals surface area contributed by atoms with Gasteiger partial charge in [-0.05, 0) is 45.6 Å². The summed E-state index contributed by atoms with van der Waals surface area (Å²) in [7, 11) is 0. The van der Waals surface area contributed by atoms with E-state index in [1.807, 2.05) is 29.6 Å². The molecule has 0 amide bonds. The molecule has 1 aromatic heterocycles. The van der Waals surface area contributed by atoms with Gasteiger partial charge in [-0.15, -0.1) is 11.3 Å². The van der Waals surface area contributed by atoms with E-state index < -0.39 is 6.10 Å². The summed E-state index contributed by atoms with van der Waals surface area (Å²) >= 11 is 11.8. The Hall–Kier alpha value is 0.320. The van der Waals surface area contributed by atoms with E-state index in [4.69, 9.17) is 0 Å². The number of benzene rings is 1. The van der Waals surface area contributed by atoms with Gasteiger partial charge in [0.05, 0.1) is 4.88 Å². The Morgan fingerprint density at radius 3 is 2.44 bits per heavy atom. The van der Waals surface area contributed by atoms with Gasteiger partial charge in [0.1, 0.15) is 6.10 Å². The van der Waals surface area contributed by atoms with Crippen molar-refractivity contribution >= 4 is 59.1 Å². The third-order valence-electron chi connectivity index (χ3n) is 2.15. The van der Waals surface area contributed by atoms with Crippen LogP contribution in [0.2, 0.25) is 0 Å². The molecule has 0 aliphatic heterocycles. The van der Waals surface area contributed by atoms with Gasteiger partial charge in [0, 0.05) is 19.0 Å². The Balaban J connectivity index is 2.45. The molecule has 0 bridgehead atoms. The highest BCUT2D eigenvalue weighted by Crippen LogP contribution is 2.36. The van der Waals surface area contributed by atoms with Crippen molar-refractivity contribution in [2.45, 2.75) is 6.10 Å². The molecule has 1 nitrogen and oxygen atoms in total. The first-order valence-electron chi connectivity index (χ1n) is 4.45. The van der Waals surface area contributed by atoms with Crippen LogP contribution in [0.1, 0.15) is 16.5 Å². The van der Waals surface area contributed by atoms with E-state index in [-0.39, 0.29) is 0 Å². The van der Waals surface area contributed by atoms with Gasteiger partial charge in [-0.25, -0.2) is 0 Å². The van der Waals surface area contributed by atoms with E-state index >= 15 is 0 Å². The zero-order chi connectivity index (χ0) is 11.7. The van der Waals surface area contributed by atoms with Gasteiger partial charge >= 0.3 is 0 Å². The molecule has 0 spiro atoms. The summed E-state index contributed by atoms with van der Waals surface area (Å²) < 4.78 is 2.80. The number of rotatable bonds is 2. The van der Waals surface area contributed by atoms with Crippen LogP contribution in [0.3, 0.4) is 0 Å². The van der Waals surface area contributed by atoms with Crippen molar-refractivity contribution in [3.8, 4) is 0 Å². The molecule has 2 rings (SSSR count). The molecular formula is C11H7Br3OS. The molecule has 0 aliphatic rings. The molecule has 2 aromatic rings. The Kier molecular flexibility index (Phi) is 4.24. The number of aliphatic hydroxyl groups excluding tert-OH is 1. The summed E-state index contributed by atoms with van der Waals surface area (Å²) in [5.41, 5.74) is 0.859. The molecule has 0 aliphatic carbocycles. The van der Waals surface area contributed by atoms with Crippen molar-refractivity contribution in [3.05, 3.63) is 53.5 Å². The van der Waals surface area contributed by atoms with Gasteiger partial charge in [-0.3, -0.25) is 0 Å². The fraction of sp³-hybridized carbons (Fsp3) is 0.0909. The lowest BCUT2D eigenvalue weighted by atomic mass is 10.1. The van der Waals surface area contributed by atoms with Crippen LogP contribution < -0.4 is 0 Å². The highest BCUT2D eigenvalue weighted by molar-refractivity contribution is 9.11. The van der Waals surface area contributed by atoms with Crippen LogP contribution in [0.4, 0.5) is 0 Å². The van der Waals surface area contributed by atoms with Crippen molar-refractivity contribution in [3.63, 3.8) is 0 Å². The lowest BCUT2D eigenvalue weighted by Gasteiger charge is -2.12. The molecule has 0 saturated heterocycles. The molecule has 84 valence electrons. The Labute approximate surface area is 123 Å². The minimum atomic E-state index is -0.610. The summed E-state index contributed by atoms with van der Waals surface area (Å²) in [5.74, 6) is 0. The van der Waals surface area contributed by atoms with Crippen LogP contribution >= 0.6 is 59.1 Å². The Morgan fingerprint density at radius 1 is 1.06 bits per heavy atom. The molecule has 0 radical (unpaired) electrons. The van der Waals surface area contributed by atoms with Crippen LogP contribution in [0.25, 0.3) is 0 Å². The standard InChI is InChI=1S/C11H7Br3OS/c12-6-1-2-8(13)7(5-6)10(15)11-9(14)3-4-16-11/h1-5,10,15H. The van der Waals surface area contributed by atoms with E-state index in [1.165, 1.54) is 11.3 Å². The minimum absolute atomic E-state index is 0.610. The first-order valence-corrected chi connectivity index (χ1v) is 7.71. The first kappa shape index (κ1) is 12.8. The van der Waals surface area contributed by atoms with Crippen molar-refractivity contribution in [2.24, 2.45) is 0 Å². The zero-order valence-electron chi connectivity index (χ0n) is 7.95. The van der Waals surface area contributed by atoms with Crippen molar-refractivity contribution in [1.82, 2.24) is 0 Å². The largest absolute Gasteiger partial charge is 0.383 e. The average molecular weight is 427 g/mol. The minimum Gasteiger partial charge on any atom is -0.383 e. The monoisotopic (exact) mass is 424 g/mol. The third kappa shape index (κ3) is 2.59. The maximum atomic E-state index is 10.3. The quantitative estimate of drug-likeness (QED) is 0.706. The molecular weight excluding hydrogens is 420 g/mol. The number of halogens is 3. The van der Waals surface area contributed by atoms with Crippen LogP contribution in [0, 0.1) is 0 Å². The fourth-order valence-electron chi connectivity index (χ4n) is 1.37. The molecule has 0 saturated carbocycles. The number of aliphatic hydroxyl groups is 1. The van der Waals surface area contributed by atoms with Gasteiger partial charge in [0.2, 0.25) is 0 Å². The predicted molar refractivity (Wildman–Crippen MR) is 77.9 cm³/mol. The van der Waals surface area contributed by atoms with Gasteiger partial charge < -0.3 is 5.11 Å². The molecule has 0 fully saturated rings. The lowest BCUT2D eigenvalue weighted by molar-refractivity contribution is 0.222. The van der Waals surface area contributed by atoms with E-state index in [2.05, 4.69) is 47.8 Å². The van der Waals surface area contributed by atoms with Crippen LogP contribution in [-0.4, -0.2) is 5.11 Å². The highest BCUT2D eigenvalue weighted by Gasteiger charge is 2.17. The van der Waals surface area contributed by atoms with Gasteiger partial charge in [-0.1, -0.05) is 31.9 Å². The third-order valence-corrected chi connectivity index (χ3v) is 5.28. The number of thiophene rings is 1. The predicted octanol–water partition coefficient (Wildman–Crippen LogP) is 5.12. The van der Waals surface area contributed by atoms with Crippen molar-refractivity contribution in [2.75, 3.05) is 0 Å². The SMILES string of the molecule is OC(c1cc(Br)ccc1Br)c1sccc1Br. The zero-order valence-corrected chi connectivity index (χ0v) is 13.5. The maximum Gasteiger partial charge on any atom is 0.115 e. The molecule has 5 heteroatoms. The van der Waals surface area contributed by atoms with Crippen LogP contribution in [-0.2, 0) is 0 Å². The molecule has 16 heavy (non-hydrogen) atoms. The second kappa shape index (κ2) is 5.31. The molecule has 1 aromatic carbocycles. The number of hydrogen-bond donors (Lipinski definition) is 1. The average Bonchev–Trinajstić information content (AvgIpc) is 2.67. The maximum absolute atomic E-state index is 10.3. The summed E-state index contributed by atoms with van der Waals surface area (Å²) in [6, 6.07) is 7.71. The van der Waals surface area contributed by atoms with E-state index in [0.717, 1.165) is 23.9 Å². The van der Waals surface area contributed by atoms with Crippen LogP contribution in [0.5, 0.6) is 0 Å². The first-order chi connectivity index (χ1) is 7.59. The van der Waals surface area contributed by atoms with Gasteiger partial charge in [0.15, 0.2) is 0 Å². The summed E-state index contributed by atoms with van der Waals surface area (Å²) in [4.78, 5) is 0.916. The Bertz CT molecular complexity index is 510. The number of hydrogen-bond acceptors (Lipinski definition) is 2. The van der Waals surface area contributed by atoms with Crippen LogP contribution in [0.15, 0.2) is 43.1 Å². The fourth-order valence-corrected chi connectivity index (χ4v) is 3.80. The van der Waals surface area contributed by atoms with Crippen molar-refractivity contribution in [1.29, 1.82) is 0 Å². The summed E-state index contributed by atoms with van der Waals surface area (Å²) in [6.45, 7) is 0. The Morgan fingerprint density at radius 2 is 1.81 bits per heavy atom. The molecule has 1 N–H and O–H groups in total. The normalized spacial score (nSPS) is 12.8. The lowest BCUT2D eigenvalue weighted by Crippen LogP contribution is -1.99. The molecule has 1 unspecified atom stereocenters. The summed E-state index contributed by atoms with van der Waals surface area (Å²) in [5, 5.41) is 12.2. The molecule has 1 atom stereocenters. The van der Waals surface area contributed by atoms with Crippen molar-refractivity contribution < 1.29 is 5.11 Å². The van der Waals surface area contributed by atoms with Gasteiger partial charge in [-0.2, -0.15) is 0 Å².